The van der Waals surface area contributed by atoms with Crippen LogP contribution >= 0.6 is 0 Å². The molecule has 32 heavy (non-hydrogen) atoms. The van der Waals surface area contributed by atoms with Gasteiger partial charge in [0.15, 0.2) is 0 Å². The predicted octanol–water partition coefficient (Wildman–Crippen LogP) is 5.07. The van der Waals surface area contributed by atoms with Crippen molar-refractivity contribution in [3.63, 3.8) is 0 Å². The summed E-state index contributed by atoms with van der Waals surface area (Å²) in [6.07, 6.45) is 1.73. The fourth-order valence-electron chi connectivity index (χ4n) is 4.75. The van der Waals surface area contributed by atoms with Crippen LogP contribution in [0.5, 0.6) is 0 Å². The molecule has 1 aliphatic rings. The average molecular weight is 430 g/mol. The average Bonchev–Trinajstić information content (AvgIpc) is 3.08. The summed E-state index contributed by atoms with van der Waals surface area (Å²) in [5.41, 5.74) is 6.37. The first-order valence-electron chi connectivity index (χ1n) is 11.2. The standard InChI is InChI=1S/C27H31N3O2/c1-7-30(8-2)21-12-14-24(19(4)17-21)27(23-13-11-20(29(5)6)16-18(23)3)25-22(26(31)32-27)10-9-15-28-25/h9-17H,7-8H2,1-6H3. The second-order valence-electron chi connectivity index (χ2n) is 8.54. The van der Waals surface area contributed by atoms with Crippen molar-refractivity contribution < 1.29 is 9.53 Å². The van der Waals surface area contributed by atoms with Crippen LogP contribution in [0.3, 0.4) is 0 Å². The van der Waals surface area contributed by atoms with E-state index in [4.69, 9.17) is 4.74 Å². The molecule has 0 fully saturated rings. The minimum Gasteiger partial charge on any atom is -0.439 e. The van der Waals surface area contributed by atoms with Gasteiger partial charge in [-0.25, -0.2) is 4.79 Å². The molecule has 166 valence electrons. The van der Waals surface area contributed by atoms with Crippen LogP contribution in [0.2, 0.25) is 0 Å². The van der Waals surface area contributed by atoms with E-state index in [1.807, 2.05) is 14.1 Å². The summed E-state index contributed by atoms with van der Waals surface area (Å²) in [7, 11) is 4.04. The Labute approximate surface area is 190 Å². The first-order valence-corrected chi connectivity index (χ1v) is 11.2. The van der Waals surface area contributed by atoms with Crippen molar-refractivity contribution in [2.24, 2.45) is 0 Å². The SMILES string of the molecule is CCN(CC)c1ccc(C2(c3ccc(N(C)C)cc3C)OC(=O)c3cccnc32)c(C)c1. The molecule has 2 aromatic carbocycles. The van der Waals surface area contributed by atoms with Gasteiger partial charge in [0.25, 0.3) is 0 Å². The van der Waals surface area contributed by atoms with Gasteiger partial charge in [-0.1, -0.05) is 12.1 Å². The van der Waals surface area contributed by atoms with E-state index < -0.39 is 5.60 Å². The number of ether oxygens (including phenoxy) is 1. The van der Waals surface area contributed by atoms with Crippen molar-refractivity contribution in [3.05, 3.63) is 88.2 Å². The normalized spacial score (nSPS) is 17.1. The molecule has 0 saturated carbocycles. The number of carbonyl (C=O) groups excluding carboxylic acids is 1. The number of nitrogens with zero attached hydrogens (tertiary/aromatic N) is 3. The Bertz CT molecular complexity index is 1170. The topological polar surface area (TPSA) is 45.7 Å². The highest BCUT2D eigenvalue weighted by Crippen LogP contribution is 2.48. The van der Waals surface area contributed by atoms with Gasteiger partial charge in [-0.2, -0.15) is 0 Å². The van der Waals surface area contributed by atoms with Crippen LogP contribution in [0.1, 0.15) is 52.2 Å². The van der Waals surface area contributed by atoms with E-state index in [9.17, 15) is 4.79 Å². The van der Waals surface area contributed by atoms with E-state index in [1.54, 1.807) is 18.3 Å². The van der Waals surface area contributed by atoms with Crippen molar-refractivity contribution in [2.75, 3.05) is 37.0 Å². The smallest absolute Gasteiger partial charge is 0.341 e. The molecule has 1 unspecified atom stereocenters. The van der Waals surface area contributed by atoms with Crippen LogP contribution in [0.25, 0.3) is 0 Å². The largest absolute Gasteiger partial charge is 0.439 e. The maximum Gasteiger partial charge on any atom is 0.341 e. The number of anilines is 2. The summed E-state index contributed by atoms with van der Waals surface area (Å²) in [6, 6.07) is 16.3. The molecule has 1 atom stereocenters. The van der Waals surface area contributed by atoms with Crippen LogP contribution < -0.4 is 9.80 Å². The lowest BCUT2D eigenvalue weighted by molar-refractivity contribution is 0.0240. The summed E-state index contributed by atoms with van der Waals surface area (Å²) in [4.78, 5) is 22.1. The Morgan fingerprint density at radius 1 is 0.906 bits per heavy atom. The molecule has 0 N–H and O–H groups in total. The lowest BCUT2D eigenvalue weighted by Gasteiger charge is -2.33. The van der Waals surface area contributed by atoms with Gasteiger partial charge in [-0.3, -0.25) is 4.98 Å². The number of aromatic nitrogens is 1. The number of aryl methyl sites for hydroxylation is 2. The maximum absolute atomic E-state index is 13.0. The van der Waals surface area contributed by atoms with E-state index in [-0.39, 0.29) is 5.97 Å². The molecule has 4 rings (SSSR count). The molecule has 0 radical (unpaired) electrons. The second kappa shape index (κ2) is 8.30. The summed E-state index contributed by atoms with van der Waals surface area (Å²) in [5.74, 6) is -0.337. The summed E-state index contributed by atoms with van der Waals surface area (Å²) < 4.78 is 6.28. The quantitative estimate of drug-likeness (QED) is 0.512. The monoisotopic (exact) mass is 429 g/mol. The number of rotatable bonds is 6. The van der Waals surface area contributed by atoms with Crippen molar-refractivity contribution in [1.29, 1.82) is 0 Å². The molecular formula is C27H31N3O2. The van der Waals surface area contributed by atoms with E-state index in [0.29, 0.717) is 11.3 Å². The minimum absolute atomic E-state index is 0.337. The van der Waals surface area contributed by atoms with E-state index in [0.717, 1.165) is 46.7 Å². The van der Waals surface area contributed by atoms with Gasteiger partial charge in [0.2, 0.25) is 5.60 Å². The van der Waals surface area contributed by atoms with Crippen LogP contribution in [0, 0.1) is 13.8 Å². The van der Waals surface area contributed by atoms with Gasteiger partial charge in [0.1, 0.15) is 5.69 Å². The molecule has 0 amide bonds. The van der Waals surface area contributed by atoms with E-state index in [2.05, 4.69) is 78.9 Å². The van der Waals surface area contributed by atoms with Crippen molar-refractivity contribution in [2.45, 2.75) is 33.3 Å². The zero-order valence-corrected chi connectivity index (χ0v) is 19.8. The number of pyridine rings is 1. The Morgan fingerprint density at radius 3 is 2.06 bits per heavy atom. The second-order valence-corrected chi connectivity index (χ2v) is 8.54. The highest BCUT2D eigenvalue weighted by molar-refractivity contribution is 5.95. The highest BCUT2D eigenvalue weighted by atomic mass is 16.6. The van der Waals surface area contributed by atoms with E-state index in [1.165, 1.54) is 0 Å². The molecule has 0 spiro atoms. The predicted molar refractivity (Wildman–Crippen MR) is 130 cm³/mol. The van der Waals surface area contributed by atoms with Gasteiger partial charge < -0.3 is 14.5 Å². The summed E-state index contributed by atoms with van der Waals surface area (Å²) >= 11 is 0. The Kier molecular flexibility index (Phi) is 5.68. The van der Waals surface area contributed by atoms with Gasteiger partial charge in [0.05, 0.1) is 5.56 Å². The number of fused-ring (bicyclic) bond motifs is 1. The molecule has 5 nitrogen and oxygen atoms in total. The molecule has 1 aliphatic heterocycles. The van der Waals surface area contributed by atoms with Gasteiger partial charge in [-0.15, -0.1) is 0 Å². The third kappa shape index (κ3) is 3.32. The lowest BCUT2D eigenvalue weighted by atomic mass is 9.78. The summed E-state index contributed by atoms with van der Waals surface area (Å²) in [6.45, 7) is 10.3. The Balaban J connectivity index is 1.99. The fraction of sp³-hybridized carbons (Fsp3) is 0.333. The molecule has 0 bridgehead atoms. The summed E-state index contributed by atoms with van der Waals surface area (Å²) in [5, 5.41) is 0. The number of hydrogen-bond acceptors (Lipinski definition) is 5. The number of hydrogen-bond donors (Lipinski definition) is 0. The van der Waals surface area contributed by atoms with E-state index >= 15 is 0 Å². The van der Waals surface area contributed by atoms with Crippen molar-refractivity contribution in [1.82, 2.24) is 4.98 Å². The number of esters is 1. The van der Waals surface area contributed by atoms with Crippen molar-refractivity contribution >= 4 is 17.3 Å². The van der Waals surface area contributed by atoms with Gasteiger partial charge in [-0.05, 0) is 75.2 Å². The zero-order chi connectivity index (χ0) is 23.0. The zero-order valence-electron chi connectivity index (χ0n) is 19.8. The minimum atomic E-state index is -1.07. The Morgan fingerprint density at radius 2 is 1.50 bits per heavy atom. The first-order chi connectivity index (χ1) is 15.3. The van der Waals surface area contributed by atoms with Crippen LogP contribution in [0.4, 0.5) is 11.4 Å². The molecule has 5 heteroatoms. The van der Waals surface area contributed by atoms with Gasteiger partial charge >= 0.3 is 5.97 Å². The Hall–Kier alpha value is -3.34. The molecule has 2 heterocycles. The molecular weight excluding hydrogens is 398 g/mol. The molecule has 0 saturated heterocycles. The lowest BCUT2D eigenvalue weighted by Crippen LogP contribution is -2.32. The third-order valence-corrected chi connectivity index (χ3v) is 6.43. The van der Waals surface area contributed by atoms with Gasteiger partial charge in [0, 0.05) is 55.9 Å². The third-order valence-electron chi connectivity index (χ3n) is 6.43. The number of carbonyl (C=O) groups is 1. The van der Waals surface area contributed by atoms with Crippen LogP contribution in [0.15, 0.2) is 54.7 Å². The van der Waals surface area contributed by atoms with Crippen LogP contribution in [-0.4, -0.2) is 38.1 Å². The molecule has 3 aromatic rings. The van der Waals surface area contributed by atoms with Crippen LogP contribution in [-0.2, 0) is 10.3 Å². The number of benzene rings is 2. The maximum atomic E-state index is 13.0. The molecule has 0 aliphatic carbocycles. The molecule has 1 aromatic heterocycles. The first kappa shape index (κ1) is 21.9. The number of cyclic esters (lactones) is 1. The highest BCUT2D eigenvalue weighted by Gasteiger charge is 2.51. The fourth-order valence-corrected chi connectivity index (χ4v) is 4.75. The van der Waals surface area contributed by atoms with Crippen molar-refractivity contribution in [3.8, 4) is 0 Å².